The molecule has 0 fully saturated rings. The van der Waals surface area contributed by atoms with E-state index in [9.17, 15) is 4.79 Å². The maximum atomic E-state index is 12.5. The van der Waals surface area contributed by atoms with E-state index in [2.05, 4.69) is 28.1 Å². The molecule has 1 N–H and O–H groups in total. The number of ether oxygens (including phenoxy) is 4. The Bertz CT molecular complexity index is 1350. The summed E-state index contributed by atoms with van der Waals surface area (Å²) >= 11 is 0. The van der Waals surface area contributed by atoms with Crippen LogP contribution in [0.4, 0.5) is 0 Å². The van der Waals surface area contributed by atoms with Crippen LogP contribution in [0, 0.1) is 0 Å². The SMILES string of the molecule is COc1ccc(OCCCn2c(CCCCCNC(=O)c3ccc(OC)c(OC)c3)nc3ccccc32)cc1. The highest BCUT2D eigenvalue weighted by molar-refractivity contribution is 5.94. The molecule has 0 spiro atoms. The first-order chi connectivity index (χ1) is 19.1. The van der Waals surface area contributed by atoms with Crippen molar-refractivity contribution in [3.8, 4) is 23.0 Å². The van der Waals surface area contributed by atoms with Gasteiger partial charge in [0, 0.05) is 25.1 Å². The maximum absolute atomic E-state index is 12.5. The molecular weight excluding hydrogens is 494 g/mol. The van der Waals surface area contributed by atoms with Gasteiger partial charge in [0.1, 0.15) is 17.3 Å². The molecule has 0 saturated carbocycles. The van der Waals surface area contributed by atoms with Gasteiger partial charge in [-0.3, -0.25) is 4.79 Å². The van der Waals surface area contributed by atoms with Crippen LogP contribution in [0.5, 0.6) is 23.0 Å². The lowest BCUT2D eigenvalue weighted by Crippen LogP contribution is -2.24. The molecule has 0 bridgehead atoms. The van der Waals surface area contributed by atoms with E-state index < -0.39 is 0 Å². The van der Waals surface area contributed by atoms with Crippen LogP contribution in [-0.4, -0.2) is 49.9 Å². The van der Waals surface area contributed by atoms with Gasteiger partial charge in [0.25, 0.3) is 5.91 Å². The molecule has 39 heavy (non-hydrogen) atoms. The second kappa shape index (κ2) is 14.1. The number of nitrogens with zero attached hydrogens (tertiary/aromatic N) is 2. The Labute approximate surface area is 229 Å². The Hall–Kier alpha value is -4.20. The van der Waals surface area contributed by atoms with Gasteiger partial charge in [-0.25, -0.2) is 4.98 Å². The van der Waals surface area contributed by atoms with Gasteiger partial charge in [0.15, 0.2) is 11.5 Å². The monoisotopic (exact) mass is 531 g/mol. The zero-order chi connectivity index (χ0) is 27.5. The number of carbonyl (C=O) groups is 1. The third-order valence-corrected chi connectivity index (χ3v) is 6.60. The standard InChI is InChI=1S/C31H37N3O5/c1-36-24-14-16-25(17-15-24)39-21-9-20-34-27-11-7-6-10-26(27)33-30(34)12-5-4-8-19-32-31(35)23-13-18-28(37-2)29(22-23)38-3/h6-7,10-11,13-18,22H,4-5,8-9,12,19-21H2,1-3H3,(H,32,35). The number of para-hydroxylation sites is 2. The van der Waals surface area contributed by atoms with E-state index in [1.807, 2.05) is 30.3 Å². The first-order valence-corrected chi connectivity index (χ1v) is 13.3. The molecule has 0 aliphatic heterocycles. The number of methoxy groups -OCH3 is 3. The lowest BCUT2D eigenvalue weighted by atomic mass is 10.1. The van der Waals surface area contributed by atoms with Crippen molar-refractivity contribution in [2.24, 2.45) is 0 Å². The Morgan fingerprint density at radius 1 is 0.821 bits per heavy atom. The molecule has 1 aromatic heterocycles. The number of fused-ring (bicyclic) bond motifs is 1. The van der Waals surface area contributed by atoms with Crippen molar-refractivity contribution in [3.05, 3.63) is 78.1 Å². The normalized spacial score (nSPS) is 10.8. The number of aryl methyl sites for hydroxylation is 2. The summed E-state index contributed by atoms with van der Waals surface area (Å²) in [5, 5.41) is 3.00. The van der Waals surface area contributed by atoms with Crippen molar-refractivity contribution in [1.29, 1.82) is 0 Å². The predicted molar refractivity (Wildman–Crippen MR) is 152 cm³/mol. The topological polar surface area (TPSA) is 83.8 Å². The molecule has 0 aliphatic rings. The van der Waals surface area contributed by atoms with E-state index in [4.69, 9.17) is 23.9 Å². The minimum Gasteiger partial charge on any atom is -0.497 e. The highest BCUT2D eigenvalue weighted by Crippen LogP contribution is 2.27. The average molecular weight is 532 g/mol. The van der Waals surface area contributed by atoms with Gasteiger partial charge in [-0.15, -0.1) is 0 Å². The summed E-state index contributed by atoms with van der Waals surface area (Å²) in [6, 6.07) is 21.1. The van der Waals surface area contributed by atoms with Crippen LogP contribution in [-0.2, 0) is 13.0 Å². The summed E-state index contributed by atoms with van der Waals surface area (Å²) < 4.78 is 24.0. The number of rotatable bonds is 15. The van der Waals surface area contributed by atoms with Crippen LogP contribution >= 0.6 is 0 Å². The van der Waals surface area contributed by atoms with E-state index in [-0.39, 0.29) is 5.91 Å². The smallest absolute Gasteiger partial charge is 0.251 e. The summed E-state index contributed by atoms with van der Waals surface area (Å²) in [7, 11) is 4.79. The molecular formula is C31H37N3O5. The number of benzene rings is 3. The molecule has 3 aromatic carbocycles. The lowest BCUT2D eigenvalue weighted by Gasteiger charge is -2.11. The molecule has 4 aromatic rings. The average Bonchev–Trinajstić information content (AvgIpc) is 3.33. The van der Waals surface area contributed by atoms with E-state index in [0.717, 1.165) is 67.0 Å². The summed E-state index contributed by atoms with van der Waals surface area (Å²) in [4.78, 5) is 17.4. The van der Waals surface area contributed by atoms with Gasteiger partial charge < -0.3 is 28.8 Å². The van der Waals surface area contributed by atoms with E-state index in [1.54, 1.807) is 39.5 Å². The number of hydrogen-bond donors (Lipinski definition) is 1. The highest BCUT2D eigenvalue weighted by atomic mass is 16.5. The molecule has 8 nitrogen and oxygen atoms in total. The van der Waals surface area contributed by atoms with E-state index >= 15 is 0 Å². The minimum atomic E-state index is -0.116. The van der Waals surface area contributed by atoms with Gasteiger partial charge in [-0.1, -0.05) is 18.6 Å². The van der Waals surface area contributed by atoms with Crippen molar-refractivity contribution < 1.29 is 23.7 Å². The fourth-order valence-corrected chi connectivity index (χ4v) is 4.52. The first kappa shape index (κ1) is 27.8. The third-order valence-electron chi connectivity index (χ3n) is 6.60. The fourth-order valence-electron chi connectivity index (χ4n) is 4.52. The maximum Gasteiger partial charge on any atom is 0.251 e. The number of aromatic nitrogens is 2. The van der Waals surface area contributed by atoms with Gasteiger partial charge >= 0.3 is 0 Å². The zero-order valence-electron chi connectivity index (χ0n) is 22.9. The first-order valence-electron chi connectivity index (χ1n) is 13.3. The molecule has 1 amide bonds. The predicted octanol–water partition coefficient (Wildman–Crippen LogP) is 5.67. The van der Waals surface area contributed by atoms with Crippen molar-refractivity contribution >= 4 is 16.9 Å². The summed E-state index contributed by atoms with van der Waals surface area (Å²) in [6.45, 7) is 2.08. The van der Waals surface area contributed by atoms with Crippen LogP contribution < -0.4 is 24.3 Å². The van der Waals surface area contributed by atoms with Crippen molar-refractivity contribution in [2.45, 2.75) is 38.6 Å². The van der Waals surface area contributed by atoms with Crippen molar-refractivity contribution in [2.75, 3.05) is 34.5 Å². The van der Waals surface area contributed by atoms with Crippen LogP contribution in [0.1, 0.15) is 41.9 Å². The van der Waals surface area contributed by atoms with E-state index in [0.29, 0.717) is 30.2 Å². The van der Waals surface area contributed by atoms with Crippen LogP contribution in [0.25, 0.3) is 11.0 Å². The summed E-state index contributed by atoms with van der Waals surface area (Å²) in [5.74, 6) is 3.77. The molecule has 0 atom stereocenters. The van der Waals surface area contributed by atoms with Crippen molar-refractivity contribution in [3.63, 3.8) is 0 Å². The Balaban J connectivity index is 1.23. The number of amides is 1. The Kier molecular flexibility index (Phi) is 10.1. The quantitative estimate of drug-likeness (QED) is 0.199. The van der Waals surface area contributed by atoms with Crippen LogP contribution in [0.3, 0.4) is 0 Å². The van der Waals surface area contributed by atoms with Gasteiger partial charge in [-0.05, 0) is 73.9 Å². The van der Waals surface area contributed by atoms with Crippen molar-refractivity contribution in [1.82, 2.24) is 14.9 Å². The molecule has 8 heteroatoms. The Morgan fingerprint density at radius 3 is 2.36 bits per heavy atom. The molecule has 0 aliphatic carbocycles. The molecule has 206 valence electrons. The van der Waals surface area contributed by atoms with Crippen LogP contribution in [0.15, 0.2) is 66.7 Å². The molecule has 0 unspecified atom stereocenters. The number of hydrogen-bond acceptors (Lipinski definition) is 6. The zero-order valence-corrected chi connectivity index (χ0v) is 22.9. The second-order valence-corrected chi connectivity index (χ2v) is 9.18. The molecule has 1 heterocycles. The van der Waals surface area contributed by atoms with Gasteiger partial charge in [0.2, 0.25) is 0 Å². The van der Waals surface area contributed by atoms with Gasteiger partial charge in [0.05, 0.1) is 39.0 Å². The summed E-state index contributed by atoms with van der Waals surface area (Å²) in [6.07, 6.45) is 4.65. The molecule has 0 saturated heterocycles. The largest absolute Gasteiger partial charge is 0.497 e. The number of imidazole rings is 1. The van der Waals surface area contributed by atoms with Crippen LogP contribution in [0.2, 0.25) is 0 Å². The lowest BCUT2D eigenvalue weighted by molar-refractivity contribution is 0.0952. The molecule has 4 rings (SSSR count). The highest BCUT2D eigenvalue weighted by Gasteiger charge is 2.12. The van der Waals surface area contributed by atoms with Gasteiger partial charge in [-0.2, -0.15) is 0 Å². The minimum absolute atomic E-state index is 0.116. The number of unbranched alkanes of at least 4 members (excludes halogenated alkanes) is 2. The number of carbonyl (C=O) groups excluding carboxylic acids is 1. The number of nitrogens with one attached hydrogen (secondary N) is 1. The second-order valence-electron chi connectivity index (χ2n) is 9.18. The molecule has 0 radical (unpaired) electrons. The van der Waals surface area contributed by atoms with E-state index in [1.165, 1.54) is 0 Å². The summed E-state index contributed by atoms with van der Waals surface area (Å²) in [5.41, 5.74) is 2.72. The fraction of sp³-hybridized carbons (Fsp3) is 0.355. The third kappa shape index (κ3) is 7.44. The Morgan fingerprint density at radius 2 is 1.59 bits per heavy atom.